The lowest BCUT2D eigenvalue weighted by Gasteiger charge is -2.37. The lowest BCUT2D eigenvalue weighted by Crippen LogP contribution is -2.35. The second-order valence-corrected chi connectivity index (χ2v) is 9.54. The summed E-state index contributed by atoms with van der Waals surface area (Å²) in [6.45, 7) is 2.02. The molecule has 0 bridgehead atoms. The molecule has 0 spiro atoms. The molecule has 0 amide bonds. The Hall–Kier alpha value is -4.38. The predicted molar refractivity (Wildman–Crippen MR) is 155 cm³/mol. The van der Waals surface area contributed by atoms with Gasteiger partial charge in [0.05, 0.1) is 33.2 Å². The molecule has 0 N–H and O–H groups in total. The summed E-state index contributed by atoms with van der Waals surface area (Å²) >= 11 is 0. The maximum Gasteiger partial charge on any atom is 0.313 e. The van der Waals surface area contributed by atoms with Crippen LogP contribution >= 0.6 is 0 Å². The fourth-order valence-electron chi connectivity index (χ4n) is 5.28. The Bertz CT molecular complexity index is 1370. The highest BCUT2D eigenvalue weighted by molar-refractivity contribution is 5.83. The lowest BCUT2D eigenvalue weighted by molar-refractivity contribution is -0.148. The number of fused-ring (bicyclic) bond motifs is 1. The number of carbonyl (C=O) groups excluding carboxylic acids is 2. The van der Waals surface area contributed by atoms with E-state index in [2.05, 4.69) is 6.08 Å². The van der Waals surface area contributed by atoms with E-state index in [9.17, 15) is 9.59 Å². The van der Waals surface area contributed by atoms with Crippen molar-refractivity contribution in [2.75, 3.05) is 21.3 Å². The number of hydrogen-bond donors (Lipinski definition) is 0. The standard InChI is InChI=1S/C34H34O5/c1-23-21-31(28(33(35)38-3)18-15-24-11-7-5-8-12-24)32(27-20-17-26(37-2)22-30(23)27)29(34(36)39-4)19-16-25-13-9-6-10-14-25/h5-22,28-29,31-32H,1-4H3/b18-15+,19-16+/t28-,29-,31+,32+/m0/s1. The van der Waals surface area contributed by atoms with Crippen molar-refractivity contribution in [1.29, 1.82) is 0 Å². The van der Waals surface area contributed by atoms with Gasteiger partial charge in [-0.05, 0) is 46.9 Å². The summed E-state index contributed by atoms with van der Waals surface area (Å²) in [6.07, 6.45) is 9.71. The summed E-state index contributed by atoms with van der Waals surface area (Å²) in [6, 6.07) is 25.5. The Balaban J connectivity index is 1.88. The van der Waals surface area contributed by atoms with Crippen LogP contribution in [0.25, 0.3) is 17.7 Å². The van der Waals surface area contributed by atoms with E-state index in [1.807, 2.05) is 110 Å². The summed E-state index contributed by atoms with van der Waals surface area (Å²) in [7, 11) is 4.42. The Kier molecular flexibility index (Phi) is 9.16. The van der Waals surface area contributed by atoms with Gasteiger partial charge in [0.15, 0.2) is 0 Å². The monoisotopic (exact) mass is 522 g/mol. The minimum Gasteiger partial charge on any atom is -0.497 e. The van der Waals surface area contributed by atoms with Crippen LogP contribution in [-0.2, 0) is 19.1 Å². The average molecular weight is 523 g/mol. The molecule has 4 atom stereocenters. The number of methoxy groups -OCH3 is 3. The molecule has 1 aliphatic carbocycles. The molecule has 5 heteroatoms. The van der Waals surface area contributed by atoms with Crippen LogP contribution in [0.4, 0.5) is 0 Å². The maximum absolute atomic E-state index is 13.4. The number of ether oxygens (including phenoxy) is 3. The van der Waals surface area contributed by atoms with Crippen LogP contribution < -0.4 is 4.74 Å². The van der Waals surface area contributed by atoms with Crippen LogP contribution in [0, 0.1) is 17.8 Å². The van der Waals surface area contributed by atoms with Crippen molar-refractivity contribution >= 4 is 29.7 Å². The van der Waals surface area contributed by atoms with Crippen molar-refractivity contribution in [3.8, 4) is 5.75 Å². The molecule has 0 radical (unpaired) electrons. The second kappa shape index (κ2) is 12.9. The molecule has 3 aromatic rings. The lowest BCUT2D eigenvalue weighted by atomic mass is 9.66. The molecule has 0 saturated carbocycles. The van der Waals surface area contributed by atoms with Crippen LogP contribution in [0.2, 0.25) is 0 Å². The minimum atomic E-state index is -0.658. The van der Waals surface area contributed by atoms with Gasteiger partial charge in [0.2, 0.25) is 0 Å². The molecule has 4 rings (SSSR count). The van der Waals surface area contributed by atoms with E-state index < -0.39 is 17.8 Å². The zero-order valence-electron chi connectivity index (χ0n) is 22.7. The van der Waals surface area contributed by atoms with Gasteiger partial charge in [-0.2, -0.15) is 0 Å². The molecule has 0 aromatic heterocycles. The average Bonchev–Trinajstić information content (AvgIpc) is 2.98. The van der Waals surface area contributed by atoms with E-state index in [1.54, 1.807) is 7.11 Å². The third kappa shape index (κ3) is 6.37. The number of rotatable bonds is 9. The second-order valence-electron chi connectivity index (χ2n) is 9.54. The van der Waals surface area contributed by atoms with Crippen molar-refractivity contribution in [3.63, 3.8) is 0 Å². The molecule has 0 unspecified atom stereocenters. The Morgan fingerprint density at radius 3 is 1.82 bits per heavy atom. The third-order valence-electron chi connectivity index (χ3n) is 7.24. The van der Waals surface area contributed by atoms with Crippen molar-refractivity contribution in [1.82, 2.24) is 0 Å². The van der Waals surface area contributed by atoms with Crippen molar-refractivity contribution in [2.45, 2.75) is 12.8 Å². The number of benzene rings is 3. The highest BCUT2D eigenvalue weighted by Crippen LogP contribution is 2.48. The van der Waals surface area contributed by atoms with Crippen LogP contribution in [-0.4, -0.2) is 33.3 Å². The highest BCUT2D eigenvalue weighted by Gasteiger charge is 2.43. The molecule has 0 aliphatic heterocycles. The molecule has 0 fully saturated rings. The van der Waals surface area contributed by atoms with Crippen molar-refractivity contribution < 1.29 is 23.8 Å². The van der Waals surface area contributed by atoms with Crippen LogP contribution in [0.1, 0.15) is 35.1 Å². The van der Waals surface area contributed by atoms with Gasteiger partial charge in [0.25, 0.3) is 0 Å². The summed E-state index contributed by atoms with van der Waals surface area (Å²) in [5, 5.41) is 0. The molecule has 200 valence electrons. The van der Waals surface area contributed by atoms with E-state index in [4.69, 9.17) is 14.2 Å². The summed E-state index contributed by atoms with van der Waals surface area (Å²) in [5.74, 6) is -2.08. The molecule has 0 saturated heterocycles. The van der Waals surface area contributed by atoms with Gasteiger partial charge in [-0.25, -0.2) is 0 Å². The van der Waals surface area contributed by atoms with Crippen LogP contribution in [0.5, 0.6) is 5.75 Å². The highest BCUT2D eigenvalue weighted by atomic mass is 16.5. The van der Waals surface area contributed by atoms with Gasteiger partial charge in [-0.15, -0.1) is 0 Å². The van der Waals surface area contributed by atoms with Gasteiger partial charge in [-0.3, -0.25) is 9.59 Å². The molecule has 39 heavy (non-hydrogen) atoms. The SMILES string of the molecule is COC(=O)[C@@H](/C=C/c1ccccc1)[C@H]1C=C(C)c2cc(OC)ccc2[C@@H]1[C@H](/C=C/c1ccccc1)C(=O)OC. The predicted octanol–water partition coefficient (Wildman–Crippen LogP) is 6.82. The van der Waals surface area contributed by atoms with E-state index in [0.29, 0.717) is 0 Å². The van der Waals surface area contributed by atoms with Crippen LogP contribution in [0.15, 0.2) is 97.1 Å². The Morgan fingerprint density at radius 2 is 1.28 bits per heavy atom. The minimum absolute atomic E-state index is 0.367. The number of esters is 2. The first-order valence-corrected chi connectivity index (χ1v) is 13.0. The van der Waals surface area contributed by atoms with E-state index in [-0.39, 0.29) is 17.9 Å². The first kappa shape index (κ1) is 27.6. The topological polar surface area (TPSA) is 61.8 Å². The summed E-state index contributed by atoms with van der Waals surface area (Å²) in [4.78, 5) is 26.7. The van der Waals surface area contributed by atoms with Gasteiger partial charge in [-0.1, -0.05) is 97.1 Å². The van der Waals surface area contributed by atoms with E-state index >= 15 is 0 Å². The normalized spacial score (nSPS) is 18.2. The van der Waals surface area contributed by atoms with Crippen molar-refractivity contribution in [3.05, 3.63) is 119 Å². The van der Waals surface area contributed by atoms with Gasteiger partial charge in [0, 0.05) is 11.8 Å². The molecule has 5 nitrogen and oxygen atoms in total. The van der Waals surface area contributed by atoms with Gasteiger partial charge >= 0.3 is 11.9 Å². The summed E-state index contributed by atoms with van der Waals surface area (Å²) < 4.78 is 16.1. The molecule has 1 aliphatic rings. The maximum atomic E-state index is 13.4. The number of hydrogen-bond acceptors (Lipinski definition) is 5. The molecule has 3 aromatic carbocycles. The number of allylic oxidation sites excluding steroid dienone is 2. The summed E-state index contributed by atoms with van der Waals surface area (Å²) in [5.41, 5.74) is 4.87. The van der Waals surface area contributed by atoms with Gasteiger partial charge in [0.1, 0.15) is 5.75 Å². The largest absolute Gasteiger partial charge is 0.497 e. The third-order valence-corrected chi connectivity index (χ3v) is 7.24. The fraction of sp³-hybridized carbons (Fsp3) is 0.235. The van der Waals surface area contributed by atoms with Gasteiger partial charge < -0.3 is 14.2 Å². The van der Waals surface area contributed by atoms with E-state index in [1.165, 1.54) is 14.2 Å². The Morgan fingerprint density at radius 1 is 0.744 bits per heavy atom. The Labute approximate surface area is 230 Å². The van der Waals surface area contributed by atoms with Crippen molar-refractivity contribution in [2.24, 2.45) is 17.8 Å². The molecular formula is C34H34O5. The zero-order chi connectivity index (χ0) is 27.8. The molecule has 0 heterocycles. The first-order valence-electron chi connectivity index (χ1n) is 13.0. The fourth-order valence-corrected chi connectivity index (χ4v) is 5.28. The number of carbonyl (C=O) groups is 2. The van der Waals surface area contributed by atoms with E-state index in [0.717, 1.165) is 33.6 Å². The first-order chi connectivity index (χ1) is 19.0. The smallest absolute Gasteiger partial charge is 0.313 e. The zero-order valence-corrected chi connectivity index (χ0v) is 22.7. The molecular weight excluding hydrogens is 488 g/mol. The quantitative estimate of drug-likeness (QED) is 0.289. The van der Waals surface area contributed by atoms with Crippen LogP contribution in [0.3, 0.4) is 0 Å².